The fourth-order valence-electron chi connectivity index (χ4n) is 5.35. The summed E-state index contributed by atoms with van der Waals surface area (Å²) in [6.45, 7) is 9.89. The van der Waals surface area contributed by atoms with Crippen LogP contribution in [0.25, 0.3) is 0 Å². The van der Waals surface area contributed by atoms with Crippen molar-refractivity contribution in [1.29, 1.82) is 0 Å². The summed E-state index contributed by atoms with van der Waals surface area (Å²) in [7, 11) is 0. The van der Waals surface area contributed by atoms with Gasteiger partial charge in [-0.1, -0.05) is 19.9 Å². The van der Waals surface area contributed by atoms with Crippen molar-refractivity contribution in [3.05, 3.63) is 12.7 Å². The molecule has 2 saturated carbocycles. The highest BCUT2D eigenvalue weighted by molar-refractivity contribution is 5.11. The number of fused-ring (bicyclic) bond motifs is 2. The van der Waals surface area contributed by atoms with Crippen LogP contribution in [0.1, 0.15) is 52.4 Å². The molecule has 2 aliphatic carbocycles. The van der Waals surface area contributed by atoms with E-state index in [0.717, 1.165) is 38.5 Å². The number of hydrogen-bond acceptors (Lipinski definition) is 3. The Balaban J connectivity index is 2.00. The minimum Gasteiger partial charge on any atom is -0.393 e. The molecule has 1 aliphatic heterocycles. The van der Waals surface area contributed by atoms with Gasteiger partial charge in [-0.3, -0.25) is 0 Å². The first-order valence-electron chi connectivity index (χ1n) is 8.05. The van der Waals surface area contributed by atoms with Crippen LogP contribution in [0.2, 0.25) is 0 Å². The van der Waals surface area contributed by atoms with E-state index in [4.69, 9.17) is 9.47 Å². The molecule has 1 heterocycles. The van der Waals surface area contributed by atoms with Crippen molar-refractivity contribution < 1.29 is 14.6 Å². The average Bonchev–Trinajstić information content (AvgIpc) is 2.88. The zero-order valence-electron chi connectivity index (χ0n) is 12.9. The third kappa shape index (κ3) is 1.76. The molecule has 0 aromatic heterocycles. The Labute approximate surface area is 122 Å². The van der Waals surface area contributed by atoms with Crippen LogP contribution in [-0.4, -0.2) is 30.2 Å². The van der Waals surface area contributed by atoms with Crippen molar-refractivity contribution in [3.8, 4) is 0 Å². The van der Waals surface area contributed by atoms with Gasteiger partial charge in [0.05, 0.1) is 19.3 Å². The Kier molecular flexibility index (Phi) is 3.51. The van der Waals surface area contributed by atoms with E-state index < -0.39 is 5.79 Å². The minimum atomic E-state index is -0.404. The van der Waals surface area contributed by atoms with Crippen LogP contribution in [0.4, 0.5) is 0 Å². The Hall–Kier alpha value is -0.380. The number of allylic oxidation sites excluding steroid dienone is 1. The Morgan fingerprint density at radius 1 is 1.20 bits per heavy atom. The van der Waals surface area contributed by atoms with Crippen molar-refractivity contribution in [1.82, 2.24) is 0 Å². The average molecular weight is 280 g/mol. The summed E-state index contributed by atoms with van der Waals surface area (Å²) in [5.41, 5.74) is -0.0871. The van der Waals surface area contributed by atoms with Crippen LogP contribution in [0.3, 0.4) is 0 Å². The lowest BCUT2D eigenvalue weighted by Crippen LogP contribution is -2.63. The Morgan fingerprint density at radius 3 is 2.55 bits per heavy atom. The standard InChI is InChI=1S/C17H28O3/c1-4-8-15(2)13-6-5-9-17(19-11-12-20-17)16(13,3)10-7-14(15)18/h4,13-14,18H,1,5-12H2,2-3H3/t13-,14-,15-,16+/m0/s1. The molecule has 0 bridgehead atoms. The minimum absolute atomic E-state index is 0.0126. The topological polar surface area (TPSA) is 38.7 Å². The molecule has 114 valence electrons. The van der Waals surface area contributed by atoms with Crippen LogP contribution in [0.15, 0.2) is 12.7 Å². The molecule has 1 spiro atoms. The first kappa shape index (κ1) is 14.6. The fraction of sp³-hybridized carbons (Fsp3) is 0.882. The quantitative estimate of drug-likeness (QED) is 0.789. The van der Waals surface area contributed by atoms with Crippen molar-refractivity contribution in [2.24, 2.45) is 16.7 Å². The summed E-state index contributed by atoms with van der Waals surface area (Å²) in [5.74, 6) is 0.0296. The lowest BCUT2D eigenvalue weighted by Gasteiger charge is -2.62. The smallest absolute Gasteiger partial charge is 0.174 e. The first-order valence-corrected chi connectivity index (χ1v) is 8.05. The third-order valence-corrected chi connectivity index (χ3v) is 6.47. The molecule has 3 fully saturated rings. The van der Waals surface area contributed by atoms with Gasteiger partial charge in [0.15, 0.2) is 5.79 Å². The van der Waals surface area contributed by atoms with Gasteiger partial charge in [-0.15, -0.1) is 6.58 Å². The Bertz CT molecular complexity index is 388. The van der Waals surface area contributed by atoms with E-state index in [2.05, 4.69) is 20.4 Å². The summed E-state index contributed by atoms with van der Waals surface area (Å²) < 4.78 is 12.3. The van der Waals surface area contributed by atoms with E-state index in [1.807, 2.05) is 6.08 Å². The first-order chi connectivity index (χ1) is 9.48. The predicted molar refractivity (Wildman–Crippen MR) is 78.2 cm³/mol. The van der Waals surface area contributed by atoms with E-state index >= 15 is 0 Å². The lowest BCUT2D eigenvalue weighted by molar-refractivity contribution is -0.301. The monoisotopic (exact) mass is 280 g/mol. The van der Waals surface area contributed by atoms with E-state index in [9.17, 15) is 5.11 Å². The van der Waals surface area contributed by atoms with Crippen molar-refractivity contribution in [2.75, 3.05) is 13.2 Å². The van der Waals surface area contributed by atoms with Crippen LogP contribution < -0.4 is 0 Å². The van der Waals surface area contributed by atoms with Crippen LogP contribution in [-0.2, 0) is 9.47 Å². The molecule has 3 rings (SSSR count). The number of rotatable bonds is 2. The van der Waals surface area contributed by atoms with E-state index in [0.29, 0.717) is 19.1 Å². The molecule has 4 atom stereocenters. The van der Waals surface area contributed by atoms with E-state index in [-0.39, 0.29) is 16.9 Å². The molecule has 0 amide bonds. The largest absolute Gasteiger partial charge is 0.393 e. The maximum atomic E-state index is 10.6. The molecular weight excluding hydrogens is 252 g/mol. The molecule has 1 N–H and O–H groups in total. The van der Waals surface area contributed by atoms with Gasteiger partial charge in [-0.2, -0.15) is 0 Å². The molecule has 0 unspecified atom stereocenters. The maximum absolute atomic E-state index is 10.6. The van der Waals surface area contributed by atoms with E-state index in [1.54, 1.807) is 0 Å². The van der Waals surface area contributed by atoms with E-state index in [1.165, 1.54) is 0 Å². The van der Waals surface area contributed by atoms with Gasteiger partial charge < -0.3 is 14.6 Å². The molecule has 1 saturated heterocycles. The molecule has 3 nitrogen and oxygen atoms in total. The van der Waals surface area contributed by atoms with Gasteiger partial charge >= 0.3 is 0 Å². The summed E-state index contributed by atoms with van der Waals surface area (Å²) in [6, 6.07) is 0. The molecular formula is C17H28O3. The van der Waals surface area contributed by atoms with Gasteiger partial charge in [0.1, 0.15) is 0 Å². The summed E-state index contributed by atoms with van der Waals surface area (Å²) in [6.07, 6.45) is 7.70. The molecule has 0 radical (unpaired) electrons. The summed E-state index contributed by atoms with van der Waals surface area (Å²) in [4.78, 5) is 0. The van der Waals surface area contributed by atoms with Crippen LogP contribution in [0, 0.1) is 16.7 Å². The molecule has 3 aliphatic rings. The number of aliphatic hydroxyl groups excluding tert-OH is 1. The van der Waals surface area contributed by atoms with Gasteiger partial charge in [0.2, 0.25) is 0 Å². The van der Waals surface area contributed by atoms with Crippen molar-refractivity contribution in [2.45, 2.75) is 64.3 Å². The zero-order valence-corrected chi connectivity index (χ0v) is 12.9. The highest BCUT2D eigenvalue weighted by atomic mass is 16.7. The van der Waals surface area contributed by atoms with Crippen LogP contribution >= 0.6 is 0 Å². The highest BCUT2D eigenvalue weighted by Gasteiger charge is 2.64. The maximum Gasteiger partial charge on any atom is 0.174 e. The normalized spacial score (nSPS) is 47.1. The number of ether oxygens (including phenoxy) is 2. The SMILES string of the molecule is C=CC[C@]1(C)[C@@H](O)CC[C@]2(C)[C@H]1CCCC21OCCO1. The second-order valence-electron chi connectivity index (χ2n) is 7.37. The zero-order chi connectivity index (χ0) is 14.4. The number of hydrogen-bond donors (Lipinski definition) is 1. The second kappa shape index (κ2) is 4.82. The molecule has 0 aromatic carbocycles. The van der Waals surface area contributed by atoms with Gasteiger partial charge in [0, 0.05) is 17.3 Å². The van der Waals surface area contributed by atoms with Crippen LogP contribution in [0.5, 0.6) is 0 Å². The molecule has 3 heteroatoms. The predicted octanol–water partition coefficient (Wildman–Crippen LogP) is 3.27. The number of aliphatic hydroxyl groups is 1. The fourth-order valence-corrected chi connectivity index (χ4v) is 5.35. The Morgan fingerprint density at radius 2 is 1.90 bits per heavy atom. The highest BCUT2D eigenvalue weighted by Crippen LogP contribution is 2.64. The van der Waals surface area contributed by atoms with Gasteiger partial charge in [-0.25, -0.2) is 0 Å². The second-order valence-corrected chi connectivity index (χ2v) is 7.37. The third-order valence-electron chi connectivity index (χ3n) is 6.47. The van der Waals surface area contributed by atoms with Gasteiger partial charge in [-0.05, 0) is 38.0 Å². The van der Waals surface area contributed by atoms with Crippen molar-refractivity contribution in [3.63, 3.8) is 0 Å². The molecule has 0 aromatic rings. The lowest BCUT2D eigenvalue weighted by atomic mass is 9.47. The van der Waals surface area contributed by atoms with Gasteiger partial charge in [0.25, 0.3) is 0 Å². The van der Waals surface area contributed by atoms with Crippen molar-refractivity contribution >= 4 is 0 Å². The summed E-state index contributed by atoms with van der Waals surface area (Å²) in [5, 5.41) is 10.6. The molecule has 20 heavy (non-hydrogen) atoms. The summed E-state index contributed by atoms with van der Waals surface area (Å²) >= 11 is 0.